The molecule has 0 saturated carbocycles. The number of nitrogens with zero attached hydrogens (tertiary/aromatic N) is 1. The van der Waals surface area contributed by atoms with Gasteiger partial charge >= 0.3 is 6.61 Å². The molecule has 1 unspecified atom stereocenters. The lowest BCUT2D eigenvalue weighted by molar-refractivity contribution is -0.0498. The number of alkyl halides is 2. The largest absolute Gasteiger partial charge is 0.435 e. The lowest BCUT2D eigenvalue weighted by Crippen LogP contribution is -2.30. The lowest BCUT2D eigenvalue weighted by Gasteiger charge is -2.20. The summed E-state index contributed by atoms with van der Waals surface area (Å²) in [5.41, 5.74) is 1.08. The van der Waals surface area contributed by atoms with E-state index >= 15 is 0 Å². The fraction of sp³-hybridized carbons (Fsp3) is 0.625. The van der Waals surface area contributed by atoms with Crippen LogP contribution in [0.1, 0.15) is 25.8 Å². The summed E-state index contributed by atoms with van der Waals surface area (Å²) in [5.74, 6) is 0.908. The van der Waals surface area contributed by atoms with Gasteiger partial charge in [-0.3, -0.25) is 0 Å². The van der Waals surface area contributed by atoms with E-state index in [0.29, 0.717) is 12.0 Å². The highest BCUT2D eigenvalue weighted by Gasteiger charge is 2.23. The quantitative estimate of drug-likeness (QED) is 0.837. The Morgan fingerprint density at radius 2 is 2.00 bits per heavy atom. The topological polar surface area (TPSA) is 24.5 Å². The first kappa shape index (κ1) is 16.2. The molecule has 3 nitrogen and oxygen atoms in total. The highest BCUT2D eigenvalue weighted by Crippen LogP contribution is 2.18. The Morgan fingerprint density at radius 3 is 2.57 bits per heavy atom. The van der Waals surface area contributed by atoms with E-state index in [1.165, 1.54) is 13.0 Å². The van der Waals surface area contributed by atoms with Crippen molar-refractivity contribution in [1.29, 1.82) is 0 Å². The van der Waals surface area contributed by atoms with Gasteiger partial charge in [-0.1, -0.05) is 12.1 Å². The van der Waals surface area contributed by atoms with Crippen molar-refractivity contribution in [2.24, 2.45) is 5.92 Å². The van der Waals surface area contributed by atoms with Crippen molar-refractivity contribution in [3.63, 3.8) is 0 Å². The van der Waals surface area contributed by atoms with Gasteiger partial charge in [0.05, 0.1) is 0 Å². The molecule has 0 aliphatic carbocycles. The molecule has 2 rings (SSSR count). The van der Waals surface area contributed by atoms with Crippen molar-refractivity contribution in [2.75, 3.05) is 19.6 Å². The van der Waals surface area contributed by atoms with Crippen molar-refractivity contribution in [3.8, 4) is 5.75 Å². The second kappa shape index (κ2) is 7.71. The van der Waals surface area contributed by atoms with Crippen LogP contribution in [0.5, 0.6) is 5.75 Å². The van der Waals surface area contributed by atoms with Crippen LogP contribution >= 0.6 is 0 Å². The zero-order valence-electron chi connectivity index (χ0n) is 12.7. The van der Waals surface area contributed by atoms with Crippen LogP contribution in [0.25, 0.3) is 0 Å². The van der Waals surface area contributed by atoms with Crippen LogP contribution < -0.4 is 10.1 Å². The van der Waals surface area contributed by atoms with Gasteiger partial charge in [0.2, 0.25) is 0 Å². The Morgan fingerprint density at radius 1 is 1.29 bits per heavy atom. The molecule has 1 aromatic rings. The van der Waals surface area contributed by atoms with E-state index in [1.807, 2.05) is 12.1 Å². The number of ether oxygens (including phenoxy) is 1. The molecule has 1 aliphatic heterocycles. The maximum atomic E-state index is 12.0. The van der Waals surface area contributed by atoms with Gasteiger partial charge in [0.25, 0.3) is 0 Å². The summed E-state index contributed by atoms with van der Waals surface area (Å²) in [6, 6.07) is 7.43. The Balaban J connectivity index is 1.69. The van der Waals surface area contributed by atoms with Gasteiger partial charge in [-0.05, 0) is 57.0 Å². The van der Waals surface area contributed by atoms with Crippen molar-refractivity contribution in [2.45, 2.75) is 39.5 Å². The summed E-state index contributed by atoms with van der Waals surface area (Å²) in [4.78, 5) is 2.50. The lowest BCUT2D eigenvalue weighted by atomic mass is 10.1. The first-order chi connectivity index (χ1) is 10.0. The number of benzene rings is 1. The number of hydrogen-bond acceptors (Lipinski definition) is 3. The van der Waals surface area contributed by atoms with Gasteiger partial charge in [0.1, 0.15) is 5.75 Å². The molecule has 1 atom stereocenters. The highest BCUT2D eigenvalue weighted by molar-refractivity contribution is 5.27. The van der Waals surface area contributed by atoms with Gasteiger partial charge < -0.3 is 15.0 Å². The summed E-state index contributed by atoms with van der Waals surface area (Å²) in [7, 11) is 0. The monoisotopic (exact) mass is 298 g/mol. The minimum Gasteiger partial charge on any atom is -0.435 e. The van der Waals surface area contributed by atoms with Crippen LogP contribution in [0, 0.1) is 5.92 Å². The first-order valence-electron chi connectivity index (χ1n) is 7.53. The minimum absolute atomic E-state index is 0.206. The molecule has 118 valence electrons. The zero-order chi connectivity index (χ0) is 15.2. The number of halogens is 2. The molecule has 1 N–H and O–H groups in total. The van der Waals surface area contributed by atoms with Crippen LogP contribution in [0.2, 0.25) is 0 Å². The van der Waals surface area contributed by atoms with Gasteiger partial charge in [0.15, 0.2) is 0 Å². The van der Waals surface area contributed by atoms with Gasteiger partial charge in [-0.25, -0.2) is 0 Å². The molecule has 0 bridgehead atoms. The minimum atomic E-state index is -2.76. The Labute approximate surface area is 125 Å². The fourth-order valence-corrected chi connectivity index (χ4v) is 2.71. The second-order valence-electron chi connectivity index (χ2n) is 5.90. The van der Waals surface area contributed by atoms with Crippen LogP contribution in [-0.4, -0.2) is 37.2 Å². The summed E-state index contributed by atoms with van der Waals surface area (Å²) < 4.78 is 28.4. The van der Waals surface area contributed by atoms with Gasteiger partial charge in [-0.15, -0.1) is 0 Å². The summed E-state index contributed by atoms with van der Waals surface area (Å²) in [6.45, 7) is 5.80. The average Bonchev–Trinajstić information content (AvgIpc) is 2.89. The van der Waals surface area contributed by atoms with E-state index in [0.717, 1.165) is 25.2 Å². The molecule has 1 fully saturated rings. The van der Waals surface area contributed by atoms with Crippen molar-refractivity contribution >= 4 is 0 Å². The van der Waals surface area contributed by atoms with Crippen LogP contribution in [0.3, 0.4) is 0 Å². The maximum absolute atomic E-state index is 12.0. The predicted octanol–water partition coefficient (Wildman–Crippen LogP) is 3.11. The molecule has 5 heteroatoms. The molecule has 1 aromatic carbocycles. The molecular formula is C16H24F2N2O. The Bertz CT molecular complexity index is 423. The molecule has 1 aliphatic rings. The van der Waals surface area contributed by atoms with Crippen molar-refractivity contribution < 1.29 is 13.5 Å². The van der Waals surface area contributed by atoms with Gasteiger partial charge in [0, 0.05) is 19.1 Å². The smallest absolute Gasteiger partial charge is 0.387 e. The van der Waals surface area contributed by atoms with Crippen molar-refractivity contribution in [3.05, 3.63) is 29.8 Å². The summed E-state index contributed by atoms with van der Waals surface area (Å²) in [5, 5.41) is 3.45. The normalized spacial score (nSPS) is 19.6. The highest BCUT2D eigenvalue weighted by atomic mass is 19.3. The van der Waals surface area contributed by atoms with E-state index in [1.54, 1.807) is 12.1 Å². The molecule has 0 amide bonds. The van der Waals surface area contributed by atoms with Gasteiger partial charge in [-0.2, -0.15) is 8.78 Å². The molecule has 1 heterocycles. The summed E-state index contributed by atoms with van der Waals surface area (Å²) >= 11 is 0. The number of likely N-dealkylation sites (tertiary alicyclic amines) is 1. The van der Waals surface area contributed by atoms with E-state index in [4.69, 9.17) is 0 Å². The Hall–Kier alpha value is -1.20. The molecule has 0 spiro atoms. The fourth-order valence-electron chi connectivity index (χ4n) is 2.71. The molecule has 0 radical (unpaired) electrons. The third kappa shape index (κ3) is 5.25. The van der Waals surface area contributed by atoms with E-state index in [9.17, 15) is 8.78 Å². The second-order valence-corrected chi connectivity index (χ2v) is 5.90. The van der Waals surface area contributed by atoms with E-state index in [2.05, 4.69) is 28.8 Å². The van der Waals surface area contributed by atoms with E-state index in [-0.39, 0.29) is 5.75 Å². The van der Waals surface area contributed by atoms with Crippen molar-refractivity contribution in [1.82, 2.24) is 10.2 Å². The molecule has 0 aromatic heterocycles. The Kier molecular flexibility index (Phi) is 5.94. The molecule has 21 heavy (non-hydrogen) atoms. The number of hydrogen-bond donors (Lipinski definition) is 1. The first-order valence-corrected chi connectivity index (χ1v) is 7.53. The SMILES string of the molecule is CC(C)N1CCC(CNCc2ccc(OC(F)F)cc2)C1. The predicted molar refractivity (Wildman–Crippen MR) is 79.6 cm³/mol. The average molecular weight is 298 g/mol. The molecule has 1 saturated heterocycles. The van der Waals surface area contributed by atoms with Crippen LogP contribution in [-0.2, 0) is 6.54 Å². The van der Waals surface area contributed by atoms with Crippen LogP contribution in [0.15, 0.2) is 24.3 Å². The van der Waals surface area contributed by atoms with E-state index < -0.39 is 6.61 Å². The standard InChI is InChI=1S/C16H24F2N2O/c1-12(2)20-8-7-14(11-20)10-19-9-13-3-5-15(6-4-13)21-16(17)18/h3-6,12,14,16,19H,7-11H2,1-2H3. The zero-order valence-corrected chi connectivity index (χ0v) is 12.7. The maximum Gasteiger partial charge on any atom is 0.387 e. The number of rotatable bonds is 7. The summed E-state index contributed by atoms with van der Waals surface area (Å²) in [6.07, 6.45) is 1.24. The van der Waals surface area contributed by atoms with Crippen LogP contribution in [0.4, 0.5) is 8.78 Å². The molecular weight excluding hydrogens is 274 g/mol. The third-order valence-electron chi connectivity index (χ3n) is 3.96. The third-order valence-corrected chi connectivity index (χ3v) is 3.96. The number of nitrogens with one attached hydrogen (secondary N) is 1.